The maximum atomic E-state index is 11.3. The lowest BCUT2D eigenvalue weighted by Crippen LogP contribution is -2.02. The summed E-state index contributed by atoms with van der Waals surface area (Å²) in [7, 11) is 2.90. The Hall–Kier alpha value is -1.95. The molecule has 1 aromatic rings. The van der Waals surface area contributed by atoms with Gasteiger partial charge in [0.05, 0.1) is 19.8 Å². The van der Waals surface area contributed by atoms with Gasteiger partial charge in [-0.3, -0.25) is 0 Å². The first-order chi connectivity index (χ1) is 7.22. The minimum Gasteiger partial charge on any atom is -0.496 e. The van der Waals surface area contributed by atoms with Crippen molar-refractivity contribution in [1.82, 2.24) is 0 Å². The van der Waals surface area contributed by atoms with Crippen molar-refractivity contribution < 1.29 is 14.3 Å². The van der Waals surface area contributed by atoms with E-state index in [2.05, 4.69) is 10.7 Å². The highest BCUT2D eigenvalue weighted by molar-refractivity contribution is 5.89. The first-order valence-corrected chi connectivity index (χ1v) is 4.41. The van der Waals surface area contributed by atoms with Crippen molar-refractivity contribution in [2.24, 2.45) is 0 Å². The molecule has 3 heteroatoms. The van der Waals surface area contributed by atoms with Crippen LogP contribution in [0.4, 0.5) is 0 Å². The summed E-state index contributed by atoms with van der Waals surface area (Å²) in [5.41, 5.74) is 1.28. The molecule has 0 aromatic heterocycles. The third-order valence-corrected chi connectivity index (χ3v) is 1.99. The van der Waals surface area contributed by atoms with Gasteiger partial charge in [-0.05, 0) is 18.2 Å². The first kappa shape index (κ1) is 11.1. The van der Waals surface area contributed by atoms with E-state index in [4.69, 9.17) is 11.2 Å². The minimum absolute atomic E-state index is 0.379. The van der Waals surface area contributed by atoms with Crippen LogP contribution in [0.25, 0.3) is 0 Å². The Labute approximate surface area is 89.0 Å². The molecule has 0 heterocycles. The molecule has 0 fully saturated rings. The van der Waals surface area contributed by atoms with Gasteiger partial charge in [0, 0.05) is 12.0 Å². The number of rotatable bonds is 3. The van der Waals surface area contributed by atoms with Crippen molar-refractivity contribution in [3.63, 3.8) is 0 Å². The van der Waals surface area contributed by atoms with Crippen molar-refractivity contribution in [1.29, 1.82) is 0 Å². The standard InChI is InChI=1S/C12H12O3/c1-4-5-9-8-10(12(13)15-3)6-7-11(9)14-2/h1,6-8H,5H2,2-3H3. The summed E-state index contributed by atoms with van der Waals surface area (Å²) >= 11 is 0. The maximum absolute atomic E-state index is 11.3. The van der Waals surface area contributed by atoms with Gasteiger partial charge in [0.25, 0.3) is 0 Å². The molecule has 0 spiro atoms. The molecular formula is C12H12O3. The highest BCUT2D eigenvalue weighted by Gasteiger charge is 2.09. The van der Waals surface area contributed by atoms with E-state index in [-0.39, 0.29) is 5.97 Å². The zero-order valence-electron chi connectivity index (χ0n) is 8.74. The lowest BCUT2D eigenvalue weighted by Gasteiger charge is -2.07. The summed E-state index contributed by atoms with van der Waals surface area (Å²) in [4.78, 5) is 11.3. The van der Waals surface area contributed by atoms with Crippen LogP contribution in [0.5, 0.6) is 5.75 Å². The summed E-state index contributed by atoms with van der Waals surface area (Å²) in [5.74, 6) is 2.81. The average Bonchev–Trinajstić information content (AvgIpc) is 2.28. The highest BCUT2D eigenvalue weighted by atomic mass is 16.5. The molecule has 15 heavy (non-hydrogen) atoms. The zero-order chi connectivity index (χ0) is 11.3. The molecule has 0 saturated carbocycles. The molecule has 0 aliphatic rings. The summed E-state index contributed by atoms with van der Waals surface area (Å²) in [6.07, 6.45) is 5.65. The number of esters is 1. The van der Waals surface area contributed by atoms with Gasteiger partial charge >= 0.3 is 5.97 Å². The Balaban J connectivity index is 3.11. The number of ether oxygens (including phenoxy) is 2. The van der Waals surface area contributed by atoms with Crippen LogP contribution in [0.1, 0.15) is 15.9 Å². The molecule has 0 saturated heterocycles. The van der Waals surface area contributed by atoms with Crippen molar-refractivity contribution in [3.05, 3.63) is 29.3 Å². The summed E-state index contributed by atoms with van der Waals surface area (Å²) in [6.45, 7) is 0. The van der Waals surface area contributed by atoms with Gasteiger partial charge < -0.3 is 9.47 Å². The second kappa shape index (κ2) is 5.06. The number of carbonyl (C=O) groups is 1. The van der Waals surface area contributed by atoms with Crippen molar-refractivity contribution in [2.45, 2.75) is 6.42 Å². The monoisotopic (exact) mass is 204 g/mol. The molecule has 78 valence electrons. The molecule has 3 nitrogen and oxygen atoms in total. The maximum Gasteiger partial charge on any atom is 0.337 e. The second-order valence-electron chi connectivity index (χ2n) is 2.90. The Kier molecular flexibility index (Phi) is 3.75. The van der Waals surface area contributed by atoms with Gasteiger partial charge in [0.15, 0.2) is 0 Å². The number of benzene rings is 1. The van der Waals surface area contributed by atoms with Gasteiger partial charge in [-0.1, -0.05) is 0 Å². The fraction of sp³-hybridized carbons (Fsp3) is 0.250. The van der Waals surface area contributed by atoms with Gasteiger partial charge in [-0.2, -0.15) is 0 Å². The van der Waals surface area contributed by atoms with Crippen LogP contribution in [0, 0.1) is 12.3 Å². The van der Waals surface area contributed by atoms with E-state index in [1.165, 1.54) is 7.11 Å². The molecule has 0 unspecified atom stereocenters. The number of hydrogen-bond donors (Lipinski definition) is 0. The predicted molar refractivity (Wildman–Crippen MR) is 56.9 cm³/mol. The van der Waals surface area contributed by atoms with Crippen LogP contribution in [0.3, 0.4) is 0 Å². The molecule has 0 radical (unpaired) electrons. The summed E-state index contributed by atoms with van der Waals surface area (Å²) in [5, 5.41) is 0. The number of carbonyl (C=O) groups excluding carboxylic acids is 1. The van der Waals surface area contributed by atoms with Crippen LogP contribution >= 0.6 is 0 Å². The van der Waals surface area contributed by atoms with E-state index in [0.717, 1.165) is 5.56 Å². The molecule has 1 aromatic carbocycles. The Bertz CT molecular complexity index is 402. The highest BCUT2D eigenvalue weighted by Crippen LogP contribution is 2.20. The van der Waals surface area contributed by atoms with E-state index in [1.807, 2.05) is 0 Å². The molecule has 0 bridgehead atoms. The second-order valence-corrected chi connectivity index (χ2v) is 2.90. The smallest absolute Gasteiger partial charge is 0.337 e. The van der Waals surface area contributed by atoms with Gasteiger partial charge in [-0.15, -0.1) is 12.3 Å². The van der Waals surface area contributed by atoms with Crippen LogP contribution < -0.4 is 4.74 Å². The molecule has 0 aliphatic carbocycles. The fourth-order valence-electron chi connectivity index (χ4n) is 1.27. The molecule has 0 N–H and O–H groups in total. The lowest BCUT2D eigenvalue weighted by atomic mass is 10.1. The molecule has 1 rings (SSSR count). The summed E-state index contributed by atoms with van der Waals surface area (Å²) < 4.78 is 9.73. The lowest BCUT2D eigenvalue weighted by molar-refractivity contribution is 0.0600. The van der Waals surface area contributed by atoms with Gasteiger partial charge in [0.2, 0.25) is 0 Å². The quantitative estimate of drug-likeness (QED) is 0.555. The van der Waals surface area contributed by atoms with E-state index < -0.39 is 0 Å². The Morgan fingerprint density at radius 1 is 1.47 bits per heavy atom. The average molecular weight is 204 g/mol. The Morgan fingerprint density at radius 3 is 2.73 bits per heavy atom. The van der Waals surface area contributed by atoms with Gasteiger partial charge in [-0.25, -0.2) is 4.79 Å². The van der Waals surface area contributed by atoms with Gasteiger partial charge in [0.1, 0.15) is 5.75 Å². The fourth-order valence-corrected chi connectivity index (χ4v) is 1.27. The zero-order valence-corrected chi connectivity index (χ0v) is 8.74. The van der Waals surface area contributed by atoms with Crippen LogP contribution in [0.2, 0.25) is 0 Å². The van der Waals surface area contributed by atoms with Crippen molar-refractivity contribution in [3.8, 4) is 18.1 Å². The largest absolute Gasteiger partial charge is 0.496 e. The summed E-state index contributed by atoms with van der Waals surface area (Å²) in [6, 6.07) is 5.04. The van der Waals surface area contributed by atoms with E-state index in [0.29, 0.717) is 17.7 Å². The molecular weight excluding hydrogens is 192 g/mol. The van der Waals surface area contributed by atoms with Crippen LogP contribution in [-0.2, 0) is 11.2 Å². The van der Waals surface area contributed by atoms with E-state index in [9.17, 15) is 4.79 Å². The number of methoxy groups -OCH3 is 2. The predicted octanol–water partition coefficient (Wildman–Crippen LogP) is 1.66. The Morgan fingerprint density at radius 2 is 2.20 bits per heavy atom. The third kappa shape index (κ3) is 2.50. The van der Waals surface area contributed by atoms with E-state index in [1.54, 1.807) is 25.3 Å². The van der Waals surface area contributed by atoms with Crippen molar-refractivity contribution >= 4 is 5.97 Å². The van der Waals surface area contributed by atoms with Crippen LogP contribution in [0.15, 0.2) is 18.2 Å². The normalized spacial score (nSPS) is 9.13. The molecule has 0 atom stereocenters. The number of terminal acetylenes is 1. The molecule has 0 amide bonds. The SMILES string of the molecule is C#CCc1cc(C(=O)OC)ccc1OC. The van der Waals surface area contributed by atoms with Crippen molar-refractivity contribution in [2.75, 3.05) is 14.2 Å². The van der Waals surface area contributed by atoms with E-state index >= 15 is 0 Å². The topological polar surface area (TPSA) is 35.5 Å². The molecule has 0 aliphatic heterocycles. The number of hydrogen-bond acceptors (Lipinski definition) is 3. The minimum atomic E-state index is -0.379. The first-order valence-electron chi connectivity index (χ1n) is 4.41. The van der Waals surface area contributed by atoms with Crippen LogP contribution in [-0.4, -0.2) is 20.2 Å². The third-order valence-electron chi connectivity index (χ3n) is 1.99.